The number of likely N-dealkylation sites (N-methyl/N-ethyl adjacent to an activating group) is 1. The monoisotopic (exact) mass is 276 g/mol. The normalized spacial score (nSPS) is 15.6. The highest BCUT2D eigenvalue weighted by atomic mass is 16.2. The number of nitrogens with one attached hydrogen (secondary N) is 1. The molecular formula is C15H24N4O. The second-order valence-electron chi connectivity index (χ2n) is 5.40. The second kappa shape index (κ2) is 6.61. The molecule has 0 aliphatic carbocycles. The molecular weight excluding hydrogens is 252 g/mol. The summed E-state index contributed by atoms with van der Waals surface area (Å²) in [7, 11) is 5.78. The molecule has 0 bridgehead atoms. The lowest BCUT2D eigenvalue weighted by atomic mass is 10.2. The first-order valence-corrected chi connectivity index (χ1v) is 7.05. The summed E-state index contributed by atoms with van der Waals surface area (Å²) in [4.78, 5) is 18.2. The summed E-state index contributed by atoms with van der Waals surface area (Å²) >= 11 is 0. The maximum absolute atomic E-state index is 12.0. The van der Waals surface area contributed by atoms with Crippen LogP contribution in [0.5, 0.6) is 0 Å². The van der Waals surface area contributed by atoms with Gasteiger partial charge >= 0.3 is 0 Å². The van der Waals surface area contributed by atoms with E-state index >= 15 is 0 Å². The van der Waals surface area contributed by atoms with Gasteiger partial charge in [-0.15, -0.1) is 0 Å². The number of carbonyl (C=O) groups is 1. The van der Waals surface area contributed by atoms with Gasteiger partial charge in [-0.1, -0.05) is 0 Å². The minimum absolute atomic E-state index is 0.222. The van der Waals surface area contributed by atoms with Crippen LogP contribution in [0.2, 0.25) is 0 Å². The van der Waals surface area contributed by atoms with Crippen LogP contribution >= 0.6 is 0 Å². The first-order chi connectivity index (χ1) is 9.60. The van der Waals surface area contributed by atoms with Gasteiger partial charge < -0.3 is 20.0 Å². The van der Waals surface area contributed by atoms with Gasteiger partial charge in [-0.05, 0) is 38.4 Å². The molecule has 1 aliphatic heterocycles. The van der Waals surface area contributed by atoms with Crippen molar-refractivity contribution in [1.29, 1.82) is 0 Å². The van der Waals surface area contributed by atoms with E-state index in [9.17, 15) is 4.79 Å². The minimum atomic E-state index is 0.222. The van der Waals surface area contributed by atoms with Crippen LogP contribution < -0.4 is 10.2 Å². The van der Waals surface area contributed by atoms with Gasteiger partial charge in [-0.3, -0.25) is 4.79 Å². The molecule has 0 atom stereocenters. The molecule has 5 heteroatoms. The van der Waals surface area contributed by atoms with Crippen LogP contribution in [0.3, 0.4) is 0 Å². The maximum Gasteiger partial charge on any atom is 0.236 e. The average molecular weight is 276 g/mol. The third-order valence-corrected chi connectivity index (χ3v) is 3.60. The van der Waals surface area contributed by atoms with Crippen LogP contribution in [-0.2, 0) is 4.79 Å². The quantitative estimate of drug-likeness (QED) is 0.888. The molecule has 1 aliphatic rings. The molecule has 0 aromatic heterocycles. The number of anilines is 2. The van der Waals surface area contributed by atoms with E-state index in [4.69, 9.17) is 0 Å². The molecule has 20 heavy (non-hydrogen) atoms. The lowest BCUT2D eigenvalue weighted by molar-refractivity contribution is -0.132. The fraction of sp³-hybridized carbons (Fsp3) is 0.533. The van der Waals surface area contributed by atoms with Crippen LogP contribution in [0.4, 0.5) is 11.4 Å². The predicted octanol–water partition coefficient (Wildman–Crippen LogP) is 0.939. The summed E-state index contributed by atoms with van der Waals surface area (Å²) < 4.78 is 0. The Balaban J connectivity index is 1.88. The topological polar surface area (TPSA) is 38.8 Å². The fourth-order valence-corrected chi connectivity index (χ4v) is 2.42. The number of carbonyl (C=O) groups excluding carboxylic acids is 1. The van der Waals surface area contributed by atoms with E-state index in [0.29, 0.717) is 6.54 Å². The first-order valence-electron chi connectivity index (χ1n) is 7.05. The van der Waals surface area contributed by atoms with Crippen molar-refractivity contribution < 1.29 is 4.79 Å². The molecule has 0 radical (unpaired) electrons. The Bertz CT molecular complexity index is 436. The second-order valence-corrected chi connectivity index (χ2v) is 5.40. The SMILES string of the molecule is CNc1ccc(N2CCN(C(=O)CN(C)C)CC2)cc1. The van der Waals surface area contributed by atoms with E-state index in [2.05, 4.69) is 34.5 Å². The zero-order valence-corrected chi connectivity index (χ0v) is 12.6. The smallest absolute Gasteiger partial charge is 0.236 e. The zero-order valence-electron chi connectivity index (χ0n) is 12.6. The van der Waals surface area contributed by atoms with E-state index in [1.54, 1.807) is 0 Å². The van der Waals surface area contributed by atoms with Gasteiger partial charge in [0, 0.05) is 44.6 Å². The number of benzene rings is 1. The third-order valence-electron chi connectivity index (χ3n) is 3.60. The molecule has 1 heterocycles. The van der Waals surface area contributed by atoms with Crippen LogP contribution in [-0.4, -0.2) is 69.6 Å². The average Bonchev–Trinajstić information content (AvgIpc) is 2.47. The minimum Gasteiger partial charge on any atom is -0.388 e. The van der Waals surface area contributed by atoms with E-state index in [0.717, 1.165) is 31.9 Å². The van der Waals surface area contributed by atoms with Gasteiger partial charge in [0.25, 0.3) is 0 Å². The van der Waals surface area contributed by atoms with E-state index < -0.39 is 0 Å². The van der Waals surface area contributed by atoms with Crippen molar-refractivity contribution in [1.82, 2.24) is 9.80 Å². The van der Waals surface area contributed by atoms with Gasteiger partial charge in [-0.2, -0.15) is 0 Å². The molecule has 2 rings (SSSR count). The number of nitrogens with zero attached hydrogens (tertiary/aromatic N) is 3. The number of piperazine rings is 1. The summed E-state index contributed by atoms with van der Waals surface area (Å²) in [6, 6.07) is 8.42. The Morgan fingerprint density at radius 3 is 2.25 bits per heavy atom. The molecule has 1 aromatic carbocycles. The molecule has 0 unspecified atom stereocenters. The Kier molecular flexibility index (Phi) is 4.84. The summed E-state index contributed by atoms with van der Waals surface area (Å²) in [5.41, 5.74) is 2.34. The van der Waals surface area contributed by atoms with Crippen molar-refractivity contribution in [2.24, 2.45) is 0 Å². The molecule has 1 amide bonds. The lowest BCUT2D eigenvalue weighted by Gasteiger charge is -2.36. The standard InChI is InChI=1S/C15H24N4O/c1-16-13-4-6-14(7-5-13)18-8-10-19(11-9-18)15(20)12-17(2)3/h4-7,16H,8-12H2,1-3H3. The third kappa shape index (κ3) is 3.63. The maximum atomic E-state index is 12.0. The van der Waals surface area contributed by atoms with Crippen molar-refractivity contribution in [3.8, 4) is 0 Å². The highest BCUT2D eigenvalue weighted by Gasteiger charge is 2.21. The van der Waals surface area contributed by atoms with Crippen molar-refractivity contribution >= 4 is 17.3 Å². The van der Waals surface area contributed by atoms with Crippen LogP contribution in [0.15, 0.2) is 24.3 Å². The van der Waals surface area contributed by atoms with Crippen molar-refractivity contribution in [2.75, 3.05) is 64.1 Å². The van der Waals surface area contributed by atoms with Gasteiger partial charge in [0.15, 0.2) is 0 Å². The Morgan fingerprint density at radius 2 is 1.75 bits per heavy atom. The molecule has 0 saturated carbocycles. The summed E-state index contributed by atoms with van der Waals surface area (Å²) in [6.45, 7) is 3.91. The van der Waals surface area contributed by atoms with Crippen LogP contribution in [0, 0.1) is 0 Å². The molecule has 1 N–H and O–H groups in total. The molecule has 1 saturated heterocycles. The van der Waals surface area contributed by atoms with Crippen LogP contribution in [0.25, 0.3) is 0 Å². The molecule has 110 valence electrons. The molecule has 1 aromatic rings. The van der Waals surface area contributed by atoms with Gasteiger partial charge in [0.1, 0.15) is 0 Å². The van der Waals surface area contributed by atoms with Crippen molar-refractivity contribution in [3.05, 3.63) is 24.3 Å². The molecule has 5 nitrogen and oxygen atoms in total. The van der Waals surface area contributed by atoms with Gasteiger partial charge in [0.05, 0.1) is 6.54 Å². The highest BCUT2D eigenvalue weighted by molar-refractivity contribution is 5.78. The highest BCUT2D eigenvalue weighted by Crippen LogP contribution is 2.19. The number of amides is 1. The van der Waals surface area contributed by atoms with Gasteiger partial charge in [-0.25, -0.2) is 0 Å². The number of hydrogen-bond acceptors (Lipinski definition) is 4. The number of rotatable bonds is 4. The predicted molar refractivity (Wildman–Crippen MR) is 83.3 cm³/mol. The lowest BCUT2D eigenvalue weighted by Crippen LogP contribution is -2.50. The first kappa shape index (κ1) is 14.7. The summed E-state index contributed by atoms with van der Waals surface area (Å²) in [5.74, 6) is 0.222. The Hall–Kier alpha value is -1.75. The van der Waals surface area contributed by atoms with Gasteiger partial charge in [0.2, 0.25) is 5.91 Å². The number of hydrogen-bond donors (Lipinski definition) is 1. The zero-order chi connectivity index (χ0) is 14.5. The largest absolute Gasteiger partial charge is 0.388 e. The fourth-order valence-electron chi connectivity index (χ4n) is 2.42. The van der Waals surface area contributed by atoms with Crippen molar-refractivity contribution in [3.63, 3.8) is 0 Å². The van der Waals surface area contributed by atoms with Crippen LogP contribution in [0.1, 0.15) is 0 Å². The van der Waals surface area contributed by atoms with E-state index in [1.807, 2.05) is 30.9 Å². The summed E-state index contributed by atoms with van der Waals surface area (Å²) in [6.07, 6.45) is 0. The Labute approximate surface area is 121 Å². The van der Waals surface area contributed by atoms with E-state index in [1.165, 1.54) is 5.69 Å². The molecule has 0 spiro atoms. The van der Waals surface area contributed by atoms with E-state index in [-0.39, 0.29) is 5.91 Å². The Morgan fingerprint density at radius 1 is 1.15 bits per heavy atom. The summed E-state index contributed by atoms with van der Waals surface area (Å²) in [5, 5.41) is 3.12. The molecule has 1 fully saturated rings. The van der Waals surface area contributed by atoms with Crippen molar-refractivity contribution in [2.45, 2.75) is 0 Å².